The SMILES string of the molecule is Cc1ccc(Oc2ccc(NC(=S)NC(C)(C)C)cc2)cc1. The normalized spacial score (nSPS) is 10.9. The quantitative estimate of drug-likeness (QED) is 0.792. The fourth-order valence-electron chi connectivity index (χ4n) is 1.85. The van der Waals surface area contributed by atoms with Crippen molar-refractivity contribution in [2.45, 2.75) is 33.2 Å². The summed E-state index contributed by atoms with van der Waals surface area (Å²) in [6.07, 6.45) is 0. The van der Waals surface area contributed by atoms with Crippen LogP contribution in [-0.2, 0) is 0 Å². The molecule has 0 atom stereocenters. The Morgan fingerprint density at radius 1 is 0.909 bits per heavy atom. The minimum Gasteiger partial charge on any atom is -0.457 e. The van der Waals surface area contributed by atoms with Crippen LogP contribution < -0.4 is 15.4 Å². The van der Waals surface area contributed by atoms with Gasteiger partial charge in [-0.1, -0.05) is 17.7 Å². The van der Waals surface area contributed by atoms with Gasteiger partial charge in [0.1, 0.15) is 11.5 Å². The Morgan fingerprint density at radius 3 is 1.91 bits per heavy atom. The molecule has 22 heavy (non-hydrogen) atoms. The Kier molecular flexibility index (Phi) is 5.03. The molecule has 0 heterocycles. The Morgan fingerprint density at radius 2 is 1.41 bits per heavy atom. The fraction of sp³-hybridized carbons (Fsp3) is 0.278. The second-order valence-corrected chi connectivity index (χ2v) is 6.68. The Balaban J connectivity index is 1.95. The summed E-state index contributed by atoms with van der Waals surface area (Å²) in [6.45, 7) is 8.26. The molecule has 0 unspecified atom stereocenters. The minimum atomic E-state index is -0.0570. The van der Waals surface area contributed by atoms with Gasteiger partial charge in [0.25, 0.3) is 0 Å². The van der Waals surface area contributed by atoms with Gasteiger partial charge in [0.15, 0.2) is 5.11 Å². The number of aryl methyl sites for hydroxylation is 1. The highest BCUT2D eigenvalue weighted by atomic mass is 32.1. The van der Waals surface area contributed by atoms with Crippen molar-refractivity contribution in [3.05, 3.63) is 54.1 Å². The van der Waals surface area contributed by atoms with Crippen LogP contribution >= 0.6 is 12.2 Å². The lowest BCUT2D eigenvalue weighted by Gasteiger charge is -2.23. The first-order valence-electron chi connectivity index (χ1n) is 7.26. The molecule has 3 nitrogen and oxygen atoms in total. The summed E-state index contributed by atoms with van der Waals surface area (Å²) in [5, 5.41) is 6.99. The molecular weight excluding hydrogens is 292 g/mol. The third kappa shape index (κ3) is 5.37. The number of anilines is 1. The highest BCUT2D eigenvalue weighted by Gasteiger charge is 2.10. The Bertz CT molecular complexity index is 628. The molecule has 0 amide bonds. The maximum absolute atomic E-state index is 5.80. The van der Waals surface area contributed by atoms with Crippen molar-refractivity contribution in [1.82, 2.24) is 5.32 Å². The van der Waals surface area contributed by atoms with E-state index in [1.54, 1.807) is 0 Å². The van der Waals surface area contributed by atoms with E-state index in [1.807, 2.05) is 48.5 Å². The van der Waals surface area contributed by atoms with Crippen molar-refractivity contribution in [2.75, 3.05) is 5.32 Å². The van der Waals surface area contributed by atoms with E-state index in [9.17, 15) is 0 Å². The molecule has 0 bridgehead atoms. The van der Waals surface area contributed by atoms with Crippen LogP contribution in [0.25, 0.3) is 0 Å². The smallest absolute Gasteiger partial charge is 0.171 e. The van der Waals surface area contributed by atoms with Crippen LogP contribution in [0.4, 0.5) is 5.69 Å². The molecule has 116 valence electrons. The summed E-state index contributed by atoms with van der Waals surface area (Å²) in [6, 6.07) is 15.7. The van der Waals surface area contributed by atoms with Gasteiger partial charge in [-0.2, -0.15) is 0 Å². The van der Waals surface area contributed by atoms with E-state index in [1.165, 1.54) is 5.56 Å². The van der Waals surface area contributed by atoms with Gasteiger partial charge in [-0.15, -0.1) is 0 Å². The molecule has 2 N–H and O–H groups in total. The van der Waals surface area contributed by atoms with Gasteiger partial charge in [-0.3, -0.25) is 0 Å². The van der Waals surface area contributed by atoms with Crippen LogP contribution in [0.5, 0.6) is 11.5 Å². The molecule has 0 spiro atoms. The largest absolute Gasteiger partial charge is 0.457 e. The van der Waals surface area contributed by atoms with Crippen LogP contribution in [-0.4, -0.2) is 10.7 Å². The summed E-state index contributed by atoms with van der Waals surface area (Å²) in [5.41, 5.74) is 2.09. The number of thiocarbonyl (C=S) groups is 1. The first-order valence-corrected chi connectivity index (χ1v) is 7.66. The zero-order chi connectivity index (χ0) is 16.2. The van der Waals surface area contributed by atoms with Crippen LogP contribution in [0, 0.1) is 6.92 Å². The van der Waals surface area contributed by atoms with E-state index >= 15 is 0 Å². The van der Waals surface area contributed by atoms with E-state index < -0.39 is 0 Å². The summed E-state index contributed by atoms with van der Waals surface area (Å²) in [5.74, 6) is 1.63. The van der Waals surface area contributed by atoms with Crippen LogP contribution in [0.15, 0.2) is 48.5 Å². The number of hydrogen-bond donors (Lipinski definition) is 2. The van der Waals surface area contributed by atoms with Crippen molar-refractivity contribution in [3.8, 4) is 11.5 Å². The number of rotatable bonds is 3. The van der Waals surface area contributed by atoms with Crippen molar-refractivity contribution in [2.24, 2.45) is 0 Å². The molecular formula is C18H22N2OS. The molecule has 0 aliphatic heterocycles. The second-order valence-electron chi connectivity index (χ2n) is 6.27. The summed E-state index contributed by atoms with van der Waals surface area (Å²) in [4.78, 5) is 0. The molecule has 0 radical (unpaired) electrons. The molecule has 0 aliphatic carbocycles. The monoisotopic (exact) mass is 314 g/mol. The molecule has 0 saturated carbocycles. The van der Waals surface area contributed by atoms with Gasteiger partial charge in [0, 0.05) is 11.2 Å². The van der Waals surface area contributed by atoms with E-state index in [4.69, 9.17) is 17.0 Å². The van der Waals surface area contributed by atoms with Crippen LogP contribution in [0.2, 0.25) is 0 Å². The molecule has 4 heteroatoms. The topological polar surface area (TPSA) is 33.3 Å². The van der Waals surface area contributed by atoms with Crippen molar-refractivity contribution in [1.29, 1.82) is 0 Å². The van der Waals surface area contributed by atoms with Crippen LogP contribution in [0.3, 0.4) is 0 Å². The number of benzene rings is 2. The van der Waals surface area contributed by atoms with Crippen LogP contribution in [0.1, 0.15) is 26.3 Å². The summed E-state index contributed by atoms with van der Waals surface area (Å²) >= 11 is 5.28. The Hall–Kier alpha value is -2.07. The number of nitrogens with one attached hydrogen (secondary N) is 2. The van der Waals surface area contributed by atoms with E-state index in [-0.39, 0.29) is 5.54 Å². The maximum atomic E-state index is 5.80. The van der Waals surface area contributed by atoms with E-state index in [2.05, 4.69) is 38.3 Å². The van der Waals surface area contributed by atoms with Crippen molar-refractivity contribution >= 4 is 23.0 Å². The first-order chi connectivity index (χ1) is 10.3. The van der Waals surface area contributed by atoms with Crippen molar-refractivity contribution < 1.29 is 4.74 Å². The number of ether oxygens (including phenoxy) is 1. The molecule has 2 rings (SSSR count). The third-order valence-electron chi connectivity index (χ3n) is 2.86. The van der Waals surface area contributed by atoms with Gasteiger partial charge in [-0.05, 0) is 76.3 Å². The zero-order valence-electron chi connectivity index (χ0n) is 13.4. The molecule has 0 aromatic heterocycles. The Labute approximate surface area is 137 Å². The predicted octanol–water partition coefficient (Wildman–Crippen LogP) is 4.87. The van der Waals surface area contributed by atoms with Crippen molar-refractivity contribution in [3.63, 3.8) is 0 Å². The maximum Gasteiger partial charge on any atom is 0.171 e. The van der Waals surface area contributed by atoms with Gasteiger partial charge < -0.3 is 15.4 Å². The van der Waals surface area contributed by atoms with Gasteiger partial charge >= 0.3 is 0 Å². The minimum absolute atomic E-state index is 0.0570. The first kappa shape index (κ1) is 16.3. The molecule has 2 aromatic carbocycles. The molecule has 0 saturated heterocycles. The molecule has 2 aromatic rings. The van der Waals surface area contributed by atoms with Gasteiger partial charge in [-0.25, -0.2) is 0 Å². The molecule has 0 aliphatic rings. The standard InChI is InChI=1S/C18H22N2OS/c1-13-5-9-15(10-6-13)21-16-11-7-14(8-12-16)19-17(22)20-18(2,3)4/h5-12H,1-4H3,(H2,19,20,22). The second kappa shape index (κ2) is 6.79. The lowest BCUT2D eigenvalue weighted by atomic mass is 10.1. The van der Waals surface area contributed by atoms with E-state index in [0.717, 1.165) is 17.2 Å². The third-order valence-corrected chi connectivity index (χ3v) is 3.06. The lowest BCUT2D eigenvalue weighted by Crippen LogP contribution is -2.42. The number of hydrogen-bond acceptors (Lipinski definition) is 2. The summed E-state index contributed by atoms with van der Waals surface area (Å²) < 4.78 is 5.80. The highest BCUT2D eigenvalue weighted by molar-refractivity contribution is 7.80. The lowest BCUT2D eigenvalue weighted by molar-refractivity contribution is 0.482. The van der Waals surface area contributed by atoms with Gasteiger partial charge in [0.2, 0.25) is 0 Å². The zero-order valence-corrected chi connectivity index (χ0v) is 14.3. The molecule has 0 fully saturated rings. The fourth-order valence-corrected chi connectivity index (χ4v) is 2.28. The average molecular weight is 314 g/mol. The van der Waals surface area contributed by atoms with Gasteiger partial charge in [0.05, 0.1) is 0 Å². The average Bonchev–Trinajstić information content (AvgIpc) is 2.41. The highest BCUT2D eigenvalue weighted by Crippen LogP contribution is 2.23. The predicted molar refractivity (Wildman–Crippen MR) is 96.8 cm³/mol. The summed E-state index contributed by atoms with van der Waals surface area (Å²) in [7, 11) is 0. The van der Waals surface area contributed by atoms with E-state index in [0.29, 0.717) is 5.11 Å².